The Balaban J connectivity index is 1.72. The Morgan fingerprint density at radius 3 is 1.98 bits per heavy atom. The van der Waals surface area contributed by atoms with E-state index in [0.29, 0.717) is 42.0 Å². The molecule has 1 aliphatic heterocycles. The van der Waals surface area contributed by atoms with Crippen molar-refractivity contribution in [1.82, 2.24) is 4.90 Å². The van der Waals surface area contributed by atoms with Crippen LogP contribution < -0.4 is 9.47 Å². The summed E-state index contributed by atoms with van der Waals surface area (Å²) in [6.07, 6.45) is 2.25. The zero-order valence-corrected chi connectivity index (χ0v) is 23.9. The number of carbonyl (C=O) groups is 3. The molecule has 7 nitrogen and oxygen atoms in total. The number of hydrogen-bond donors (Lipinski definition) is 1. The van der Waals surface area contributed by atoms with Gasteiger partial charge in [0.25, 0.3) is 0 Å². The van der Waals surface area contributed by atoms with Gasteiger partial charge < -0.3 is 19.5 Å². The molecular weight excluding hydrogens is 506 g/mol. The number of aliphatic carboxylic acids is 1. The molecule has 0 aromatic heterocycles. The van der Waals surface area contributed by atoms with Crippen molar-refractivity contribution in [3.63, 3.8) is 0 Å². The predicted molar refractivity (Wildman–Crippen MR) is 151 cm³/mol. The van der Waals surface area contributed by atoms with Crippen LogP contribution in [0.2, 0.25) is 0 Å². The Labute approximate surface area is 235 Å². The number of Topliss-reactive ketones (excluding diaryl/α,β-unsaturated/α-hetero) is 2. The highest BCUT2D eigenvalue weighted by atomic mass is 16.5. The van der Waals surface area contributed by atoms with Gasteiger partial charge in [0.1, 0.15) is 0 Å². The molecule has 0 saturated carbocycles. The fourth-order valence-corrected chi connectivity index (χ4v) is 6.46. The van der Waals surface area contributed by atoms with Gasteiger partial charge in [-0.3, -0.25) is 9.59 Å². The molecule has 1 N–H and O–H groups in total. The fraction of sp³-hybridized carbons (Fsp3) is 0.424. The normalized spacial score (nSPS) is 20.3. The number of rotatable bonds is 7. The molecule has 2 aromatic carbocycles. The SMILES string of the molecule is COc1cc(C2C3=C(CC(C)(C)CC3=O)N(Cc3ccccc3)C3=C2C(=O)CC(C)(C)C3)ccc1OCC(=O)O. The highest BCUT2D eigenvalue weighted by molar-refractivity contribution is 6.06. The van der Waals surface area contributed by atoms with Crippen LogP contribution in [0.25, 0.3) is 0 Å². The van der Waals surface area contributed by atoms with E-state index in [1.807, 2.05) is 24.3 Å². The van der Waals surface area contributed by atoms with Gasteiger partial charge in [0.15, 0.2) is 29.7 Å². The number of benzene rings is 2. The van der Waals surface area contributed by atoms with Gasteiger partial charge in [0, 0.05) is 47.8 Å². The molecule has 210 valence electrons. The van der Waals surface area contributed by atoms with Crippen LogP contribution >= 0.6 is 0 Å². The number of hydrogen-bond acceptors (Lipinski definition) is 6. The smallest absolute Gasteiger partial charge is 0.341 e. The molecule has 0 radical (unpaired) electrons. The minimum absolute atomic E-state index is 0.0589. The summed E-state index contributed by atoms with van der Waals surface area (Å²) < 4.78 is 11.0. The molecule has 0 unspecified atom stereocenters. The lowest BCUT2D eigenvalue weighted by Crippen LogP contribution is -2.44. The lowest BCUT2D eigenvalue weighted by atomic mass is 9.63. The van der Waals surface area contributed by atoms with Gasteiger partial charge in [-0.05, 0) is 46.9 Å². The molecule has 40 heavy (non-hydrogen) atoms. The van der Waals surface area contributed by atoms with Crippen LogP contribution in [0.1, 0.15) is 70.4 Å². The first-order valence-electron chi connectivity index (χ1n) is 13.8. The van der Waals surface area contributed by atoms with Crippen molar-refractivity contribution in [1.29, 1.82) is 0 Å². The van der Waals surface area contributed by atoms with E-state index >= 15 is 0 Å². The molecule has 0 spiro atoms. The van der Waals surface area contributed by atoms with Crippen LogP contribution in [-0.4, -0.2) is 41.3 Å². The Morgan fingerprint density at radius 2 is 1.45 bits per heavy atom. The Kier molecular flexibility index (Phi) is 7.11. The van der Waals surface area contributed by atoms with Crippen molar-refractivity contribution in [2.75, 3.05) is 13.7 Å². The first kappa shape index (κ1) is 27.7. The summed E-state index contributed by atoms with van der Waals surface area (Å²) in [5, 5.41) is 9.07. The van der Waals surface area contributed by atoms with E-state index in [1.54, 1.807) is 12.1 Å². The monoisotopic (exact) mass is 543 g/mol. The molecule has 2 aromatic rings. The third-order valence-corrected chi connectivity index (χ3v) is 8.08. The molecule has 7 heteroatoms. The van der Waals surface area contributed by atoms with Crippen LogP contribution in [0.5, 0.6) is 11.5 Å². The van der Waals surface area contributed by atoms with E-state index in [9.17, 15) is 14.4 Å². The number of carboxylic acid groups (broad SMARTS) is 1. The van der Waals surface area contributed by atoms with Gasteiger partial charge >= 0.3 is 5.97 Å². The van der Waals surface area contributed by atoms with Gasteiger partial charge in [-0.15, -0.1) is 0 Å². The second kappa shape index (κ2) is 10.3. The lowest BCUT2D eigenvalue weighted by Gasteiger charge is -2.49. The number of ether oxygens (including phenoxy) is 2. The third-order valence-electron chi connectivity index (χ3n) is 8.08. The molecule has 3 aliphatic rings. The average Bonchev–Trinajstić information content (AvgIpc) is 2.87. The molecule has 0 fully saturated rings. The van der Waals surface area contributed by atoms with Gasteiger partial charge in [-0.1, -0.05) is 64.1 Å². The average molecular weight is 544 g/mol. The molecule has 0 amide bonds. The molecule has 0 saturated heterocycles. The summed E-state index contributed by atoms with van der Waals surface area (Å²) in [5.74, 6) is -0.834. The maximum atomic E-state index is 14.0. The molecule has 2 aliphatic carbocycles. The van der Waals surface area contributed by atoms with Gasteiger partial charge in [-0.25, -0.2) is 4.79 Å². The maximum Gasteiger partial charge on any atom is 0.341 e. The molecular formula is C33H37NO6. The number of allylic oxidation sites excluding steroid dienone is 4. The highest BCUT2D eigenvalue weighted by Gasteiger charge is 2.49. The zero-order valence-electron chi connectivity index (χ0n) is 23.9. The topological polar surface area (TPSA) is 93.1 Å². The van der Waals surface area contributed by atoms with Crippen molar-refractivity contribution in [2.45, 2.75) is 65.8 Å². The number of ketones is 2. The summed E-state index contributed by atoms with van der Waals surface area (Å²) in [6.45, 7) is 8.59. The summed E-state index contributed by atoms with van der Waals surface area (Å²) in [7, 11) is 1.49. The second-order valence-electron chi connectivity index (χ2n) is 12.7. The second-order valence-corrected chi connectivity index (χ2v) is 12.7. The summed E-state index contributed by atoms with van der Waals surface area (Å²) >= 11 is 0. The van der Waals surface area contributed by atoms with Crippen molar-refractivity contribution in [3.8, 4) is 11.5 Å². The predicted octanol–water partition coefficient (Wildman–Crippen LogP) is 6.04. The van der Waals surface area contributed by atoms with Crippen LogP contribution in [0.3, 0.4) is 0 Å². The van der Waals surface area contributed by atoms with Gasteiger partial charge in [-0.2, -0.15) is 0 Å². The zero-order chi connectivity index (χ0) is 28.8. The number of methoxy groups -OCH3 is 1. The molecule has 1 heterocycles. The number of carbonyl (C=O) groups excluding carboxylic acids is 2. The summed E-state index contributed by atoms with van der Waals surface area (Å²) in [5.41, 5.74) is 4.80. The minimum Gasteiger partial charge on any atom is -0.493 e. The van der Waals surface area contributed by atoms with Crippen molar-refractivity contribution in [3.05, 3.63) is 82.2 Å². The molecule has 0 atom stereocenters. The van der Waals surface area contributed by atoms with Crippen LogP contribution in [-0.2, 0) is 20.9 Å². The highest BCUT2D eigenvalue weighted by Crippen LogP contribution is 2.55. The maximum absolute atomic E-state index is 14.0. The van der Waals surface area contributed by atoms with Crippen molar-refractivity contribution >= 4 is 17.5 Å². The molecule has 0 bridgehead atoms. The fourth-order valence-electron chi connectivity index (χ4n) is 6.46. The first-order chi connectivity index (χ1) is 18.9. The Morgan fingerprint density at radius 1 is 0.875 bits per heavy atom. The van der Waals surface area contributed by atoms with E-state index in [4.69, 9.17) is 14.6 Å². The standard InChI is InChI=1S/C33H37NO6/c1-32(2)14-22-30(24(35)16-32)29(21-11-12-26(27(13-21)39-5)40-19-28(37)38)31-23(15-33(3,4)17-25(31)36)34(22)18-20-9-7-6-8-10-20/h6-13,29H,14-19H2,1-5H3,(H,37,38). The Bertz CT molecular complexity index is 1380. The molecule has 5 rings (SSSR count). The van der Waals surface area contributed by atoms with Crippen molar-refractivity contribution in [2.24, 2.45) is 10.8 Å². The van der Waals surface area contributed by atoms with E-state index in [0.717, 1.165) is 35.4 Å². The van der Waals surface area contributed by atoms with E-state index < -0.39 is 18.5 Å². The summed E-state index contributed by atoms with van der Waals surface area (Å²) in [6, 6.07) is 15.5. The summed E-state index contributed by atoms with van der Waals surface area (Å²) in [4.78, 5) is 41.3. The van der Waals surface area contributed by atoms with Gasteiger partial charge in [0.05, 0.1) is 7.11 Å². The van der Waals surface area contributed by atoms with E-state index in [-0.39, 0.29) is 22.4 Å². The van der Waals surface area contributed by atoms with Crippen LogP contribution in [0.15, 0.2) is 71.1 Å². The van der Waals surface area contributed by atoms with E-state index in [1.165, 1.54) is 7.11 Å². The number of nitrogens with zero attached hydrogens (tertiary/aromatic N) is 1. The minimum atomic E-state index is -1.09. The first-order valence-corrected chi connectivity index (χ1v) is 13.8. The van der Waals surface area contributed by atoms with E-state index in [2.05, 4.69) is 44.7 Å². The largest absolute Gasteiger partial charge is 0.493 e. The third kappa shape index (κ3) is 5.29. The quantitative estimate of drug-likeness (QED) is 0.455. The van der Waals surface area contributed by atoms with Crippen LogP contribution in [0, 0.1) is 10.8 Å². The lowest BCUT2D eigenvalue weighted by molar-refractivity contribution is -0.139. The van der Waals surface area contributed by atoms with Crippen molar-refractivity contribution < 1.29 is 29.0 Å². The Hall–Kier alpha value is -3.87. The van der Waals surface area contributed by atoms with Crippen LogP contribution in [0.4, 0.5) is 0 Å². The number of carboxylic acids is 1. The van der Waals surface area contributed by atoms with Gasteiger partial charge in [0.2, 0.25) is 0 Å².